The van der Waals surface area contributed by atoms with Gasteiger partial charge in [0.1, 0.15) is 0 Å². The minimum atomic E-state index is -0.808. The number of carbonyl (C=O) groups is 1. The number of carbonyl (C=O) groups excluding carboxylic acids is 1. The zero-order valence-electron chi connectivity index (χ0n) is 9.71. The molecular formula is C13H18O4. The van der Waals surface area contributed by atoms with Gasteiger partial charge in [0.25, 0.3) is 0 Å². The Kier molecular flexibility index (Phi) is 6.29. The molecule has 0 radical (unpaired) electrons. The van der Waals surface area contributed by atoms with Gasteiger partial charge in [0, 0.05) is 12.8 Å². The van der Waals surface area contributed by atoms with Gasteiger partial charge in [-0.15, -0.1) is 0 Å². The lowest BCUT2D eigenvalue weighted by Crippen LogP contribution is -2.16. The fourth-order valence-electron chi connectivity index (χ4n) is 1.36. The van der Waals surface area contributed by atoms with Crippen molar-refractivity contribution in [1.29, 1.82) is 0 Å². The SMILES string of the molecule is O=C(CCc1ccccc1)OCCC(O)CO. The van der Waals surface area contributed by atoms with Crippen LogP contribution in [0.15, 0.2) is 30.3 Å². The van der Waals surface area contributed by atoms with Crippen molar-refractivity contribution in [2.24, 2.45) is 0 Å². The van der Waals surface area contributed by atoms with Crippen molar-refractivity contribution in [3.8, 4) is 0 Å². The van der Waals surface area contributed by atoms with Gasteiger partial charge in [0.15, 0.2) is 0 Å². The summed E-state index contributed by atoms with van der Waals surface area (Å²) in [5.74, 6) is -0.279. The highest BCUT2D eigenvalue weighted by atomic mass is 16.5. The van der Waals surface area contributed by atoms with Crippen molar-refractivity contribution in [3.63, 3.8) is 0 Å². The third kappa shape index (κ3) is 6.04. The molecule has 4 heteroatoms. The first-order valence-corrected chi connectivity index (χ1v) is 5.71. The van der Waals surface area contributed by atoms with Crippen molar-refractivity contribution >= 4 is 5.97 Å². The maximum absolute atomic E-state index is 11.3. The first kappa shape index (κ1) is 13.7. The Morgan fingerprint density at radius 3 is 2.65 bits per heavy atom. The number of rotatable bonds is 7. The van der Waals surface area contributed by atoms with E-state index in [-0.39, 0.29) is 25.6 Å². The zero-order chi connectivity index (χ0) is 12.5. The van der Waals surface area contributed by atoms with Crippen LogP contribution in [-0.4, -0.2) is 35.5 Å². The predicted molar refractivity (Wildman–Crippen MR) is 63.4 cm³/mol. The number of hydrogen-bond acceptors (Lipinski definition) is 4. The fraction of sp³-hybridized carbons (Fsp3) is 0.462. The van der Waals surface area contributed by atoms with Crippen LogP contribution in [0.4, 0.5) is 0 Å². The second-order valence-corrected chi connectivity index (χ2v) is 3.83. The van der Waals surface area contributed by atoms with E-state index in [1.807, 2.05) is 30.3 Å². The molecule has 0 aromatic heterocycles. The van der Waals surface area contributed by atoms with Gasteiger partial charge >= 0.3 is 5.97 Å². The third-order valence-corrected chi connectivity index (χ3v) is 2.39. The van der Waals surface area contributed by atoms with E-state index in [0.29, 0.717) is 12.8 Å². The van der Waals surface area contributed by atoms with Crippen LogP contribution in [0.3, 0.4) is 0 Å². The highest BCUT2D eigenvalue weighted by molar-refractivity contribution is 5.69. The lowest BCUT2D eigenvalue weighted by Gasteiger charge is -2.07. The van der Waals surface area contributed by atoms with Crippen LogP contribution in [0.1, 0.15) is 18.4 Å². The second kappa shape index (κ2) is 7.81. The molecule has 1 aromatic rings. The first-order valence-electron chi connectivity index (χ1n) is 5.71. The molecule has 2 N–H and O–H groups in total. The molecule has 0 saturated heterocycles. The standard InChI is InChI=1S/C13H18O4/c14-10-12(15)8-9-17-13(16)7-6-11-4-2-1-3-5-11/h1-5,12,14-15H,6-10H2. The number of aryl methyl sites for hydroxylation is 1. The molecule has 1 aromatic carbocycles. The smallest absolute Gasteiger partial charge is 0.306 e. The molecule has 0 aliphatic heterocycles. The summed E-state index contributed by atoms with van der Waals surface area (Å²) in [5.41, 5.74) is 1.10. The molecule has 0 heterocycles. The summed E-state index contributed by atoms with van der Waals surface area (Å²) in [5, 5.41) is 17.6. The minimum absolute atomic E-state index is 0.148. The molecule has 0 amide bonds. The molecule has 4 nitrogen and oxygen atoms in total. The van der Waals surface area contributed by atoms with Crippen molar-refractivity contribution < 1.29 is 19.7 Å². The summed E-state index contributed by atoms with van der Waals surface area (Å²) in [6, 6.07) is 9.71. The predicted octanol–water partition coefficient (Wildman–Crippen LogP) is 0.906. The van der Waals surface area contributed by atoms with E-state index in [4.69, 9.17) is 14.9 Å². The Morgan fingerprint density at radius 1 is 1.29 bits per heavy atom. The molecule has 0 bridgehead atoms. The average molecular weight is 238 g/mol. The molecule has 0 fully saturated rings. The molecule has 1 unspecified atom stereocenters. The monoisotopic (exact) mass is 238 g/mol. The molecule has 0 saturated carbocycles. The molecule has 0 aliphatic carbocycles. The largest absolute Gasteiger partial charge is 0.466 e. The number of benzene rings is 1. The van der Waals surface area contributed by atoms with Crippen LogP contribution >= 0.6 is 0 Å². The van der Waals surface area contributed by atoms with E-state index in [1.165, 1.54) is 0 Å². The van der Waals surface area contributed by atoms with Gasteiger partial charge in [0.2, 0.25) is 0 Å². The van der Waals surface area contributed by atoms with Crippen molar-refractivity contribution in [3.05, 3.63) is 35.9 Å². The Hall–Kier alpha value is -1.39. The second-order valence-electron chi connectivity index (χ2n) is 3.83. The van der Waals surface area contributed by atoms with Crippen molar-refractivity contribution in [2.45, 2.75) is 25.4 Å². The van der Waals surface area contributed by atoms with Gasteiger partial charge in [-0.2, -0.15) is 0 Å². The number of aliphatic hydroxyl groups excluding tert-OH is 2. The molecule has 1 atom stereocenters. The Morgan fingerprint density at radius 2 is 2.00 bits per heavy atom. The lowest BCUT2D eigenvalue weighted by molar-refractivity contribution is -0.144. The van der Waals surface area contributed by atoms with E-state index in [9.17, 15) is 4.79 Å². The van der Waals surface area contributed by atoms with E-state index in [2.05, 4.69) is 0 Å². The molecule has 0 aliphatic rings. The van der Waals surface area contributed by atoms with Crippen LogP contribution in [0.25, 0.3) is 0 Å². The quantitative estimate of drug-likeness (QED) is 0.693. The van der Waals surface area contributed by atoms with Crippen LogP contribution in [0, 0.1) is 0 Å². The first-order chi connectivity index (χ1) is 8.22. The summed E-state index contributed by atoms with van der Waals surface area (Å²) >= 11 is 0. The highest BCUT2D eigenvalue weighted by Crippen LogP contribution is 2.03. The maximum Gasteiger partial charge on any atom is 0.306 e. The number of aliphatic hydroxyl groups is 2. The van der Waals surface area contributed by atoms with Crippen molar-refractivity contribution in [1.82, 2.24) is 0 Å². The molecular weight excluding hydrogens is 220 g/mol. The van der Waals surface area contributed by atoms with Crippen LogP contribution in [-0.2, 0) is 16.0 Å². The van der Waals surface area contributed by atoms with Gasteiger partial charge in [-0.05, 0) is 12.0 Å². The minimum Gasteiger partial charge on any atom is -0.466 e. The molecule has 1 rings (SSSR count). The zero-order valence-corrected chi connectivity index (χ0v) is 9.71. The Balaban J connectivity index is 2.13. The lowest BCUT2D eigenvalue weighted by atomic mass is 10.1. The van der Waals surface area contributed by atoms with E-state index < -0.39 is 6.10 Å². The van der Waals surface area contributed by atoms with Gasteiger partial charge in [0.05, 0.1) is 19.3 Å². The van der Waals surface area contributed by atoms with Crippen LogP contribution in [0.5, 0.6) is 0 Å². The maximum atomic E-state index is 11.3. The highest BCUT2D eigenvalue weighted by Gasteiger charge is 2.06. The molecule has 94 valence electrons. The normalized spacial score (nSPS) is 12.1. The topological polar surface area (TPSA) is 66.8 Å². The van der Waals surface area contributed by atoms with E-state index in [1.54, 1.807) is 0 Å². The van der Waals surface area contributed by atoms with Gasteiger partial charge in [-0.25, -0.2) is 0 Å². The third-order valence-electron chi connectivity index (χ3n) is 2.39. The molecule has 17 heavy (non-hydrogen) atoms. The number of esters is 1. The molecule has 0 spiro atoms. The van der Waals surface area contributed by atoms with Crippen LogP contribution in [0.2, 0.25) is 0 Å². The summed E-state index contributed by atoms with van der Waals surface area (Å²) in [4.78, 5) is 11.3. The number of ether oxygens (including phenoxy) is 1. The number of hydrogen-bond donors (Lipinski definition) is 2. The van der Waals surface area contributed by atoms with E-state index in [0.717, 1.165) is 5.56 Å². The van der Waals surface area contributed by atoms with Crippen molar-refractivity contribution in [2.75, 3.05) is 13.2 Å². The average Bonchev–Trinajstić information content (AvgIpc) is 2.37. The van der Waals surface area contributed by atoms with Gasteiger partial charge in [-0.3, -0.25) is 4.79 Å². The Labute approximate surface area is 101 Å². The summed E-state index contributed by atoms with van der Waals surface area (Å²) < 4.78 is 4.93. The summed E-state index contributed by atoms with van der Waals surface area (Å²) in [6.45, 7) is -0.156. The summed E-state index contributed by atoms with van der Waals surface area (Å²) in [6.07, 6.45) is 0.451. The Bertz CT molecular complexity index is 323. The van der Waals surface area contributed by atoms with Crippen LogP contribution < -0.4 is 0 Å². The van der Waals surface area contributed by atoms with E-state index >= 15 is 0 Å². The fourth-order valence-corrected chi connectivity index (χ4v) is 1.36. The van der Waals surface area contributed by atoms with Gasteiger partial charge < -0.3 is 14.9 Å². The van der Waals surface area contributed by atoms with Gasteiger partial charge in [-0.1, -0.05) is 30.3 Å². The summed E-state index contributed by atoms with van der Waals surface area (Å²) in [7, 11) is 0.